The lowest BCUT2D eigenvalue weighted by molar-refractivity contribution is -0.130. The number of ether oxygens (including phenoxy) is 1. The molecule has 21 heavy (non-hydrogen) atoms. The van der Waals surface area contributed by atoms with Gasteiger partial charge < -0.3 is 20.7 Å². The van der Waals surface area contributed by atoms with E-state index in [-0.39, 0.29) is 17.1 Å². The van der Waals surface area contributed by atoms with Crippen molar-refractivity contribution in [3.63, 3.8) is 0 Å². The molecule has 0 aliphatic rings. The van der Waals surface area contributed by atoms with Crippen LogP contribution in [0.1, 0.15) is 11.1 Å². The number of anilines is 1. The number of aromatic hydroxyl groups is 1. The van der Waals surface area contributed by atoms with Gasteiger partial charge in [0.25, 0.3) is 0 Å². The van der Waals surface area contributed by atoms with Crippen LogP contribution in [0.25, 0.3) is 11.6 Å². The maximum absolute atomic E-state index is 11.4. The standard InChI is InChI=1S/C16H15NO4/c1-21-15-9-10(2-7-14(15)18)8-13(16(19)20)11-3-5-12(17)6-4-11/h2-9,18H,17H2,1H3,(H,19,20)/b13-8-. The molecule has 0 aliphatic carbocycles. The van der Waals surface area contributed by atoms with Crippen molar-refractivity contribution in [2.75, 3.05) is 12.8 Å². The van der Waals surface area contributed by atoms with Gasteiger partial charge in [0.05, 0.1) is 12.7 Å². The Morgan fingerprint density at radius 2 is 1.86 bits per heavy atom. The first kappa shape index (κ1) is 14.5. The Labute approximate surface area is 121 Å². The van der Waals surface area contributed by atoms with Crippen LogP contribution < -0.4 is 10.5 Å². The fourth-order valence-corrected chi connectivity index (χ4v) is 1.88. The molecular formula is C16H15NO4. The van der Waals surface area contributed by atoms with Gasteiger partial charge in [-0.25, -0.2) is 4.79 Å². The smallest absolute Gasteiger partial charge is 0.336 e. The summed E-state index contributed by atoms with van der Waals surface area (Å²) in [5.74, 6) is -0.767. The molecule has 0 radical (unpaired) electrons. The van der Waals surface area contributed by atoms with Crippen molar-refractivity contribution < 1.29 is 19.7 Å². The second kappa shape index (κ2) is 6.00. The van der Waals surface area contributed by atoms with Gasteiger partial charge in [-0.1, -0.05) is 18.2 Å². The van der Waals surface area contributed by atoms with E-state index in [1.54, 1.807) is 36.4 Å². The zero-order valence-corrected chi connectivity index (χ0v) is 11.4. The van der Waals surface area contributed by atoms with Crippen molar-refractivity contribution in [3.8, 4) is 11.5 Å². The number of carboxylic acid groups (broad SMARTS) is 1. The number of carbonyl (C=O) groups is 1. The molecule has 2 rings (SSSR count). The number of hydrogen-bond donors (Lipinski definition) is 3. The number of carboxylic acids is 1. The number of phenolic OH excluding ortho intramolecular Hbond substituents is 1. The Morgan fingerprint density at radius 3 is 2.43 bits per heavy atom. The predicted molar refractivity (Wildman–Crippen MR) is 81.0 cm³/mol. The molecule has 108 valence electrons. The average Bonchev–Trinajstić information content (AvgIpc) is 2.47. The number of aliphatic carboxylic acids is 1. The molecule has 0 aliphatic heterocycles. The van der Waals surface area contributed by atoms with Gasteiger partial charge in [0.15, 0.2) is 11.5 Å². The minimum atomic E-state index is -1.05. The second-order valence-electron chi connectivity index (χ2n) is 4.42. The predicted octanol–water partition coefficient (Wildman–Crippen LogP) is 2.61. The molecule has 0 saturated heterocycles. The van der Waals surface area contributed by atoms with E-state index in [1.807, 2.05) is 0 Å². The normalized spacial score (nSPS) is 11.2. The molecule has 0 spiro atoms. The molecule has 0 amide bonds. The fourth-order valence-electron chi connectivity index (χ4n) is 1.88. The van der Waals surface area contributed by atoms with Gasteiger partial charge in [-0.15, -0.1) is 0 Å². The third-order valence-corrected chi connectivity index (χ3v) is 2.97. The van der Waals surface area contributed by atoms with Crippen LogP contribution in [-0.2, 0) is 4.79 Å². The number of methoxy groups -OCH3 is 1. The van der Waals surface area contributed by atoms with E-state index in [4.69, 9.17) is 10.5 Å². The van der Waals surface area contributed by atoms with E-state index in [0.717, 1.165) is 0 Å². The molecule has 0 bridgehead atoms. The number of nitrogens with two attached hydrogens (primary N) is 1. The summed E-state index contributed by atoms with van der Waals surface area (Å²) in [4.78, 5) is 11.4. The molecule has 0 aromatic heterocycles. The summed E-state index contributed by atoms with van der Waals surface area (Å²) in [6.07, 6.45) is 1.51. The Bertz CT molecular complexity index is 690. The first-order valence-corrected chi connectivity index (χ1v) is 6.19. The van der Waals surface area contributed by atoms with Gasteiger partial charge in [0, 0.05) is 5.69 Å². The molecule has 5 nitrogen and oxygen atoms in total. The van der Waals surface area contributed by atoms with Gasteiger partial charge >= 0.3 is 5.97 Å². The third-order valence-electron chi connectivity index (χ3n) is 2.97. The maximum Gasteiger partial charge on any atom is 0.336 e. The quantitative estimate of drug-likeness (QED) is 0.456. The highest BCUT2D eigenvalue weighted by Gasteiger charge is 2.11. The van der Waals surface area contributed by atoms with Gasteiger partial charge in [0.2, 0.25) is 0 Å². The highest BCUT2D eigenvalue weighted by Crippen LogP contribution is 2.28. The molecule has 0 unspecified atom stereocenters. The first-order chi connectivity index (χ1) is 10.0. The van der Waals surface area contributed by atoms with Gasteiger partial charge in [-0.3, -0.25) is 0 Å². The van der Waals surface area contributed by atoms with Crippen molar-refractivity contribution >= 4 is 23.3 Å². The monoisotopic (exact) mass is 285 g/mol. The van der Waals surface area contributed by atoms with Crippen molar-refractivity contribution in [3.05, 3.63) is 53.6 Å². The topological polar surface area (TPSA) is 92.8 Å². The van der Waals surface area contributed by atoms with Crippen molar-refractivity contribution in [2.45, 2.75) is 0 Å². The minimum absolute atomic E-state index is 0.000917. The van der Waals surface area contributed by atoms with E-state index in [0.29, 0.717) is 16.8 Å². The molecular weight excluding hydrogens is 270 g/mol. The molecule has 2 aromatic carbocycles. The summed E-state index contributed by atoms with van der Waals surface area (Å²) in [7, 11) is 1.43. The van der Waals surface area contributed by atoms with Gasteiger partial charge in [-0.05, 0) is 41.5 Å². The van der Waals surface area contributed by atoms with Gasteiger partial charge in [-0.2, -0.15) is 0 Å². The summed E-state index contributed by atoms with van der Waals surface area (Å²) < 4.78 is 5.01. The Hall–Kier alpha value is -2.95. The summed E-state index contributed by atoms with van der Waals surface area (Å²) in [5, 5.41) is 18.9. The van der Waals surface area contributed by atoms with E-state index < -0.39 is 5.97 Å². The van der Waals surface area contributed by atoms with Crippen molar-refractivity contribution in [2.24, 2.45) is 0 Å². The fraction of sp³-hybridized carbons (Fsp3) is 0.0625. The summed E-state index contributed by atoms with van der Waals surface area (Å²) in [5.41, 5.74) is 7.45. The number of rotatable bonds is 4. The lowest BCUT2D eigenvalue weighted by Gasteiger charge is -2.06. The highest BCUT2D eigenvalue weighted by atomic mass is 16.5. The number of phenols is 1. The van der Waals surface area contributed by atoms with Crippen molar-refractivity contribution in [1.82, 2.24) is 0 Å². The van der Waals surface area contributed by atoms with E-state index in [1.165, 1.54) is 19.3 Å². The van der Waals surface area contributed by atoms with Crippen LogP contribution in [0.15, 0.2) is 42.5 Å². The average molecular weight is 285 g/mol. The summed E-state index contributed by atoms with van der Waals surface area (Å²) >= 11 is 0. The van der Waals surface area contributed by atoms with Crippen LogP contribution in [0, 0.1) is 0 Å². The Balaban J connectivity index is 2.47. The number of nitrogen functional groups attached to an aromatic ring is 1. The van der Waals surface area contributed by atoms with E-state index in [9.17, 15) is 15.0 Å². The lowest BCUT2D eigenvalue weighted by Crippen LogP contribution is -2.00. The molecule has 2 aromatic rings. The molecule has 0 atom stereocenters. The van der Waals surface area contributed by atoms with Crippen LogP contribution in [-0.4, -0.2) is 23.3 Å². The molecule has 4 N–H and O–H groups in total. The highest BCUT2D eigenvalue weighted by molar-refractivity contribution is 6.20. The van der Waals surface area contributed by atoms with Crippen LogP contribution in [0.4, 0.5) is 5.69 Å². The third kappa shape index (κ3) is 3.33. The largest absolute Gasteiger partial charge is 0.504 e. The Kier molecular flexibility index (Phi) is 4.13. The summed E-state index contributed by atoms with van der Waals surface area (Å²) in [6.45, 7) is 0. The van der Waals surface area contributed by atoms with Crippen LogP contribution >= 0.6 is 0 Å². The molecule has 0 fully saturated rings. The molecule has 0 heterocycles. The van der Waals surface area contributed by atoms with Crippen LogP contribution in [0.3, 0.4) is 0 Å². The minimum Gasteiger partial charge on any atom is -0.504 e. The number of hydrogen-bond acceptors (Lipinski definition) is 4. The van der Waals surface area contributed by atoms with E-state index in [2.05, 4.69) is 0 Å². The molecule has 5 heteroatoms. The SMILES string of the molecule is COc1cc(/C=C(\C(=O)O)c2ccc(N)cc2)ccc1O. The second-order valence-corrected chi connectivity index (χ2v) is 4.42. The summed E-state index contributed by atoms with van der Waals surface area (Å²) in [6, 6.07) is 11.2. The van der Waals surface area contributed by atoms with Crippen molar-refractivity contribution in [1.29, 1.82) is 0 Å². The van der Waals surface area contributed by atoms with Gasteiger partial charge in [0.1, 0.15) is 0 Å². The molecule has 0 saturated carbocycles. The van der Waals surface area contributed by atoms with Crippen LogP contribution in [0.2, 0.25) is 0 Å². The first-order valence-electron chi connectivity index (χ1n) is 6.19. The van der Waals surface area contributed by atoms with E-state index >= 15 is 0 Å². The lowest BCUT2D eigenvalue weighted by atomic mass is 10.0. The van der Waals surface area contributed by atoms with Crippen LogP contribution in [0.5, 0.6) is 11.5 Å². The zero-order chi connectivity index (χ0) is 15.4. The maximum atomic E-state index is 11.4. The number of benzene rings is 2. The Morgan fingerprint density at radius 1 is 1.19 bits per heavy atom. The zero-order valence-electron chi connectivity index (χ0n) is 11.4.